The van der Waals surface area contributed by atoms with Gasteiger partial charge < -0.3 is 14.2 Å². The molecule has 36 heavy (non-hydrogen) atoms. The van der Waals surface area contributed by atoms with Gasteiger partial charge in [-0.15, -0.1) is 0 Å². The Morgan fingerprint density at radius 2 is 1.75 bits per heavy atom. The molecule has 2 aromatic carbocycles. The minimum absolute atomic E-state index is 0.303. The number of anilines is 1. The Balaban J connectivity index is 2.10. The van der Waals surface area contributed by atoms with Gasteiger partial charge in [0, 0.05) is 29.8 Å². The molecule has 1 aromatic heterocycles. The molecule has 0 aliphatic heterocycles. The smallest absolute Gasteiger partial charge is 0.338 e. The molecule has 3 aromatic rings. The highest BCUT2D eigenvalue weighted by Gasteiger charge is 2.24. The highest BCUT2D eigenvalue weighted by molar-refractivity contribution is 7.85. The molecule has 0 saturated heterocycles. The maximum atomic E-state index is 12.5. The average molecular weight is 514 g/mol. The SMILES string of the molecule is COC(=O)c1cc(NS(C)=O)ccc1CCc1cc(-n2ccc(=O)[nH]c2=O)cc(C(C)(C)C)c1OC. The second-order valence-electron chi connectivity index (χ2n) is 9.34. The topological polar surface area (TPSA) is 119 Å². The summed E-state index contributed by atoms with van der Waals surface area (Å²) in [6.45, 7) is 6.15. The lowest BCUT2D eigenvalue weighted by atomic mass is 9.84. The Morgan fingerprint density at radius 3 is 2.33 bits per heavy atom. The van der Waals surface area contributed by atoms with Crippen LogP contribution in [0.15, 0.2) is 52.2 Å². The van der Waals surface area contributed by atoms with Crippen LogP contribution >= 0.6 is 0 Å². The summed E-state index contributed by atoms with van der Waals surface area (Å²) in [5, 5.41) is 0. The summed E-state index contributed by atoms with van der Waals surface area (Å²) in [5.41, 5.74) is 2.68. The molecule has 1 atom stereocenters. The van der Waals surface area contributed by atoms with Gasteiger partial charge in [-0.3, -0.25) is 14.3 Å². The van der Waals surface area contributed by atoms with Crippen molar-refractivity contribution in [2.45, 2.75) is 39.0 Å². The fraction of sp³-hybridized carbons (Fsp3) is 0.346. The summed E-state index contributed by atoms with van der Waals surface area (Å²) in [7, 11) is 1.63. The van der Waals surface area contributed by atoms with Gasteiger partial charge >= 0.3 is 11.7 Å². The first-order valence-corrected chi connectivity index (χ1v) is 12.9. The van der Waals surface area contributed by atoms with Crippen LogP contribution in [0.4, 0.5) is 5.69 Å². The fourth-order valence-electron chi connectivity index (χ4n) is 4.01. The lowest BCUT2D eigenvalue weighted by Crippen LogP contribution is -2.28. The van der Waals surface area contributed by atoms with Crippen molar-refractivity contribution in [2.75, 3.05) is 25.2 Å². The molecule has 0 aliphatic carbocycles. The molecule has 0 radical (unpaired) electrons. The van der Waals surface area contributed by atoms with Crippen LogP contribution in [0.1, 0.15) is 47.8 Å². The number of H-pyrrole nitrogens is 1. The highest BCUT2D eigenvalue weighted by Crippen LogP contribution is 2.37. The van der Waals surface area contributed by atoms with Crippen molar-refractivity contribution >= 4 is 22.6 Å². The molecule has 0 fully saturated rings. The van der Waals surface area contributed by atoms with Crippen LogP contribution in [0.3, 0.4) is 0 Å². The Labute approximate surface area is 212 Å². The molecular weight excluding hydrogens is 482 g/mol. The maximum Gasteiger partial charge on any atom is 0.338 e. The number of nitrogens with zero attached hydrogens (tertiary/aromatic N) is 1. The number of nitrogens with one attached hydrogen (secondary N) is 2. The van der Waals surface area contributed by atoms with Crippen molar-refractivity contribution in [1.29, 1.82) is 0 Å². The number of carbonyl (C=O) groups is 1. The van der Waals surface area contributed by atoms with E-state index in [9.17, 15) is 18.6 Å². The van der Waals surface area contributed by atoms with E-state index >= 15 is 0 Å². The van der Waals surface area contributed by atoms with Crippen molar-refractivity contribution in [3.8, 4) is 11.4 Å². The van der Waals surface area contributed by atoms with Gasteiger partial charge in [-0.1, -0.05) is 26.8 Å². The van der Waals surface area contributed by atoms with E-state index in [0.29, 0.717) is 35.5 Å². The van der Waals surface area contributed by atoms with Crippen molar-refractivity contribution in [3.05, 3.63) is 85.7 Å². The van der Waals surface area contributed by atoms with E-state index in [2.05, 4.69) is 9.71 Å². The van der Waals surface area contributed by atoms with Crippen LogP contribution in [0.2, 0.25) is 0 Å². The normalized spacial score (nSPS) is 12.2. The van der Waals surface area contributed by atoms with E-state index in [0.717, 1.165) is 16.7 Å². The molecule has 0 bridgehead atoms. The summed E-state index contributed by atoms with van der Waals surface area (Å²) in [6, 6.07) is 10.2. The van der Waals surface area contributed by atoms with Crippen LogP contribution in [-0.2, 0) is 34.0 Å². The Morgan fingerprint density at radius 1 is 1.06 bits per heavy atom. The molecule has 2 N–H and O–H groups in total. The minimum Gasteiger partial charge on any atom is -0.496 e. The van der Waals surface area contributed by atoms with Gasteiger partial charge in [0.2, 0.25) is 0 Å². The number of carbonyl (C=O) groups excluding carboxylic acids is 1. The predicted octanol–water partition coefficient (Wildman–Crippen LogP) is 3.11. The van der Waals surface area contributed by atoms with Gasteiger partial charge in [0.1, 0.15) is 16.7 Å². The van der Waals surface area contributed by atoms with Crippen LogP contribution in [0.25, 0.3) is 5.69 Å². The number of aryl methyl sites for hydroxylation is 2. The Kier molecular flexibility index (Phi) is 8.19. The first-order valence-electron chi connectivity index (χ1n) is 11.3. The third-order valence-corrected chi connectivity index (χ3v) is 6.23. The molecule has 0 saturated carbocycles. The Hall–Kier alpha value is -3.66. The van der Waals surface area contributed by atoms with E-state index in [-0.39, 0.29) is 5.41 Å². The third kappa shape index (κ3) is 6.12. The van der Waals surface area contributed by atoms with Crippen LogP contribution in [0, 0.1) is 0 Å². The molecule has 0 spiro atoms. The van der Waals surface area contributed by atoms with Gasteiger partial charge in [0.25, 0.3) is 5.56 Å². The van der Waals surface area contributed by atoms with E-state index in [1.807, 2.05) is 32.9 Å². The number of aromatic amines is 1. The molecule has 192 valence electrons. The van der Waals surface area contributed by atoms with E-state index in [4.69, 9.17) is 9.47 Å². The number of benzene rings is 2. The lowest BCUT2D eigenvalue weighted by Gasteiger charge is -2.25. The number of rotatable bonds is 8. The molecule has 1 unspecified atom stereocenters. The summed E-state index contributed by atoms with van der Waals surface area (Å²) in [5.74, 6) is 0.203. The largest absolute Gasteiger partial charge is 0.496 e. The molecule has 10 heteroatoms. The molecule has 3 rings (SSSR count). The summed E-state index contributed by atoms with van der Waals surface area (Å²) in [4.78, 5) is 38.8. The Bertz CT molecular complexity index is 1420. The number of methoxy groups -OCH3 is 2. The summed E-state index contributed by atoms with van der Waals surface area (Å²) < 4.78 is 26.5. The number of aromatic nitrogens is 2. The quantitative estimate of drug-likeness (QED) is 0.447. The lowest BCUT2D eigenvalue weighted by molar-refractivity contribution is 0.0599. The third-order valence-electron chi connectivity index (χ3n) is 5.71. The van der Waals surface area contributed by atoms with Crippen LogP contribution < -0.4 is 20.7 Å². The zero-order valence-corrected chi connectivity index (χ0v) is 22.1. The standard InChI is InChI=1S/C26H31N3O6S/c1-26(2,3)21-15-19(29-12-11-22(30)27-25(29)32)13-17(23(21)34-4)8-7-16-9-10-18(28-36(6)33)14-20(16)24(31)35-5/h9-15,28H,7-8H2,1-6H3,(H,27,30,32). The van der Waals surface area contributed by atoms with Crippen LogP contribution in [0.5, 0.6) is 5.75 Å². The average Bonchev–Trinajstić information content (AvgIpc) is 2.81. The monoisotopic (exact) mass is 513 g/mol. The molecule has 0 aliphatic rings. The van der Waals surface area contributed by atoms with E-state index in [1.165, 1.54) is 30.2 Å². The maximum absolute atomic E-state index is 12.5. The van der Waals surface area contributed by atoms with Crippen molar-refractivity contribution in [3.63, 3.8) is 0 Å². The van der Waals surface area contributed by atoms with E-state index < -0.39 is 28.2 Å². The minimum atomic E-state index is -1.29. The van der Waals surface area contributed by atoms with Gasteiger partial charge in [-0.05, 0) is 53.6 Å². The molecular formula is C26H31N3O6S. The van der Waals surface area contributed by atoms with Gasteiger partial charge in [-0.25, -0.2) is 13.8 Å². The number of hydrogen-bond donors (Lipinski definition) is 2. The van der Waals surface area contributed by atoms with Gasteiger partial charge in [-0.2, -0.15) is 0 Å². The summed E-state index contributed by atoms with van der Waals surface area (Å²) >= 11 is 0. The molecule has 1 heterocycles. The second kappa shape index (κ2) is 10.9. The van der Waals surface area contributed by atoms with Crippen molar-refractivity contribution < 1.29 is 18.5 Å². The molecule has 0 amide bonds. The van der Waals surface area contributed by atoms with Gasteiger partial charge in [0.05, 0.1) is 25.5 Å². The van der Waals surface area contributed by atoms with Crippen molar-refractivity contribution in [1.82, 2.24) is 9.55 Å². The van der Waals surface area contributed by atoms with Crippen molar-refractivity contribution in [2.24, 2.45) is 0 Å². The first-order chi connectivity index (χ1) is 16.9. The number of ether oxygens (including phenoxy) is 2. The molecule has 9 nitrogen and oxygen atoms in total. The van der Waals surface area contributed by atoms with E-state index in [1.54, 1.807) is 25.3 Å². The van der Waals surface area contributed by atoms with Crippen LogP contribution in [-0.4, -0.2) is 40.2 Å². The highest BCUT2D eigenvalue weighted by atomic mass is 32.2. The number of hydrogen-bond acceptors (Lipinski definition) is 6. The predicted molar refractivity (Wildman–Crippen MR) is 141 cm³/mol. The summed E-state index contributed by atoms with van der Waals surface area (Å²) in [6.07, 6.45) is 3.92. The zero-order valence-electron chi connectivity index (χ0n) is 21.3. The van der Waals surface area contributed by atoms with Gasteiger partial charge in [0.15, 0.2) is 0 Å². The fourth-order valence-corrected chi connectivity index (χ4v) is 4.47. The number of esters is 1. The first kappa shape index (κ1) is 26.9. The second-order valence-corrected chi connectivity index (χ2v) is 10.4. The zero-order chi connectivity index (χ0) is 26.6.